The van der Waals surface area contributed by atoms with Gasteiger partial charge in [0.1, 0.15) is 12.0 Å². The maximum Gasteiger partial charge on any atom is 0.127 e. The van der Waals surface area contributed by atoms with Crippen molar-refractivity contribution in [2.24, 2.45) is 0 Å². The minimum atomic E-state index is 0.00422. The van der Waals surface area contributed by atoms with Gasteiger partial charge in [-0.25, -0.2) is 0 Å². The molecule has 0 aliphatic rings. The van der Waals surface area contributed by atoms with Crippen LogP contribution >= 0.6 is 0 Å². The molecule has 1 aromatic carbocycles. The molecule has 2 aromatic heterocycles. The first-order valence-corrected chi connectivity index (χ1v) is 8.18. The van der Waals surface area contributed by atoms with Gasteiger partial charge < -0.3 is 4.52 Å². The van der Waals surface area contributed by atoms with Crippen LogP contribution in [0.3, 0.4) is 0 Å². The lowest BCUT2D eigenvalue weighted by molar-refractivity contribution is 0.405. The Morgan fingerprint density at radius 2 is 1.79 bits per heavy atom. The van der Waals surface area contributed by atoms with Crippen molar-refractivity contribution in [3.8, 4) is 0 Å². The standard InChI is InChI=1S/C20H23N3O/c1-20(2,3)16-14-24-23-18(16)13-22-19(15-9-5-4-6-10-15)17-11-7-8-12-21-17/h4-12,14,19,22H,13H2,1-3H3. The number of hydrogen-bond acceptors (Lipinski definition) is 4. The Bertz CT molecular complexity index is 721. The smallest absolute Gasteiger partial charge is 0.127 e. The van der Waals surface area contributed by atoms with Crippen LogP contribution in [0.15, 0.2) is 65.5 Å². The quantitative estimate of drug-likeness (QED) is 0.763. The van der Waals surface area contributed by atoms with Gasteiger partial charge in [0.15, 0.2) is 0 Å². The van der Waals surface area contributed by atoms with E-state index in [1.54, 1.807) is 6.26 Å². The van der Waals surface area contributed by atoms with Gasteiger partial charge >= 0.3 is 0 Å². The predicted octanol–water partition coefficient (Wildman–Crippen LogP) is 4.25. The van der Waals surface area contributed by atoms with Gasteiger partial charge in [0.05, 0.1) is 11.7 Å². The summed E-state index contributed by atoms with van der Waals surface area (Å²) in [4.78, 5) is 4.52. The molecule has 2 heterocycles. The van der Waals surface area contributed by atoms with E-state index in [0.29, 0.717) is 6.54 Å². The third kappa shape index (κ3) is 3.71. The van der Waals surface area contributed by atoms with E-state index in [1.807, 2.05) is 42.6 Å². The molecule has 0 fully saturated rings. The van der Waals surface area contributed by atoms with E-state index in [4.69, 9.17) is 4.52 Å². The van der Waals surface area contributed by atoms with Crippen molar-refractivity contribution in [3.05, 3.63) is 83.5 Å². The third-order valence-corrected chi connectivity index (χ3v) is 4.04. The first-order chi connectivity index (χ1) is 11.6. The number of nitrogens with one attached hydrogen (secondary N) is 1. The minimum absolute atomic E-state index is 0.00422. The molecule has 1 atom stereocenters. The molecule has 3 rings (SSSR count). The second-order valence-electron chi connectivity index (χ2n) is 6.90. The molecular weight excluding hydrogens is 298 g/mol. The summed E-state index contributed by atoms with van der Waals surface area (Å²) in [6.45, 7) is 7.11. The highest BCUT2D eigenvalue weighted by Gasteiger charge is 2.23. The van der Waals surface area contributed by atoms with Crippen LogP contribution in [-0.4, -0.2) is 10.1 Å². The molecule has 0 spiro atoms. The molecule has 124 valence electrons. The number of nitrogens with zero attached hydrogens (tertiary/aromatic N) is 2. The van der Waals surface area contributed by atoms with Gasteiger partial charge in [0, 0.05) is 18.3 Å². The summed E-state index contributed by atoms with van der Waals surface area (Å²) >= 11 is 0. The van der Waals surface area contributed by atoms with Crippen molar-refractivity contribution >= 4 is 0 Å². The van der Waals surface area contributed by atoms with Crippen molar-refractivity contribution in [1.82, 2.24) is 15.5 Å². The van der Waals surface area contributed by atoms with Gasteiger partial charge in [0.2, 0.25) is 0 Å². The lowest BCUT2D eigenvalue weighted by Gasteiger charge is -2.21. The van der Waals surface area contributed by atoms with Crippen LogP contribution < -0.4 is 5.32 Å². The summed E-state index contributed by atoms with van der Waals surface area (Å²) in [5.74, 6) is 0. The molecule has 0 aliphatic carbocycles. The van der Waals surface area contributed by atoms with E-state index in [-0.39, 0.29) is 11.5 Å². The molecular formula is C20H23N3O. The molecule has 3 aromatic rings. The van der Waals surface area contributed by atoms with Crippen molar-refractivity contribution in [3.63, 3.8) is 0 Å². The number of pyridine rings is 1. The van der Waals surface area contributed by atoms with Crippen LogP contribution in [0.1, 0.15) is 49.3 Å². The maximum absolute atomic E-state index is 5.21. The van der Waals surface area contributed by atoms with E-state index in [2.05, 4.69) is 48.4 Å². The zero-order valence-electron chi connectivity index (χ0n) is 14.4. The molecule has 4 nitrogen and oxygen atoms in total. The molecule has 0 amide bonds. The first kappa shape index (κ1) is 16.4. The van der Waals surface area contributed by atoms with Gasteiger partial charge in [-0.15, -0.1) is 0 Å². The maximum atomic E-state index is 5.21. The van der Waals surface area contributed by atoms with Gasteiger partial charge in [0.25, 0.3) is 0 Å². The molecule has 0 saturated carbocycles. The van der Waals surface area contributed by atoms with Gasteiger partial charge in [-0.1, -0.05) is 62.3 Å². The molecule has 0 saturated heterocycles. The predicted molar refractivity (Wildman–Crippen MR) is 94.6 cm³/mol. The van der Waals surface area contributed by atoms with Crippen molar-refractivity contribution in [2.45, 2.75) is 38.8 Å². The van der Waals surface area contributed by atoms with Crippen LogP contribution in [0, 0.1) is 0 Å². The van der Waals surface area contributed by atoms with E-state index < -0.39 is 0 Å². The molecule has 24 heavy (non-hydrogen) atoms. The fraction of sp³-hybridized carbons (Fsp3) is 0.300. The van der Waals surface area contributed by atoms with Crippen molar-refractivity contribution in [2.75, 3.05) is 0 Å². The lowest BCUT2D eigenvalue weighted by atomic mass is 9.87. The summed E-state index contributed by atoms with van der Waals surface area (Å²) in [6, 6.07) is 16.3. The normalized spacial score (nSPS) is 13.0. The number of benzene rings is 1. The fourth-order valence-electron chi connectivity index (χ4n) is 2.78. The highest BCUT2D eigenvalue weighted by molar-refractivity contribution is 5.29. The van der Waals surface area contributed by atoms with Gasteiger partial charge in [-0.05, 0) is 23.1 Å². The molecule has 1 N–H and O–H groups in total. The molecule has 0 aliphatic heterocycles. The Balaban J connectivity index is 1.85. The highest BCUT2D eigenvalue weighted by atomic mass is 16.5. The number of aromatic nitrogens is 2. The van der Waals surface area contributed by atoms with Gasteiger partial charge in [-0.3, -0.25) is 10.3 Å². The topological polar surface area (TPSA) is 51.0 Å². The Labute approximate surface area is 142 Å². The van der Waals surface area contributed by atoms with Crippen LogP contribution in [0.25, 0.3) is 0 Å². The number of rotatable bonds is 5. The monoisotopic (exact) mass is 321 g/mol. The average molecular weight is 321 g/mol. The minimum Gasteiger partial charge on any atom is -0.364 e. The summed E-state index contributed by atoms with van der Waals surface area (Å²) < 4.78 is 5.21. The second-order valence-corrected chi connectivity index (χ2v) is 6.90. The van der Waals surface area contributed by atoms with Crippen molar-refractivity contribution in [1.29, 1.82) is 0 Å². The van der Waals surface area contributed by atoms with Crippen LogP contribution in [0.4, 0.5) is 0 Å². The van der Waals surface area contributed by atoms with E-state index in [1.165, 1.54) is 5.56 Å². The Morgan fingerprint density at radius 1 is 1.04 bits per heavy atom. The Kier molecular flexibility index (Phi) is 4.76. The van der Waals surface area contributed by atoms with E-state index in [0.717, 1.165) is 17.0 Å². The third-order valence-electron chi connectivity index (χ3n) is 4.04. The highest BCUT2D eigenvalue weighted by Crippen LogP contribution is 2.26. The lowest BCUT2D eigenvalue weighted by Crippen LogP contribution is -2.25. The summed E-state index contributed by atoms with van der Waals surface area (Å²) in [7, 11) is 0. The fourth-order valence-corrected chi connectivity index (χ4v) is 2.78. The summed E-state index contributed by atoms with van der Waals surface area (Å²) in [5.41, 5.74) is 4.24. The van der Waals surface area contributed by atoms with E-state index in [9.17, 15) is 0 Å². The zero-order chi connectivity index (χ0) is 17.0. The largest absolute Gasteiger partial charge is 0.364 e. The molecule has 0 bridgehead atoms. The zero-order valence-corrected chi connectivity index (χ0v) is 14.4. The first-order valence-electron chi connectivity index (χ1n) is 8.18. The Hall–Kier alpha value is -2.46. The van der Waals surface area contributed by atoms with Crippen molar-refractivity contribution < 1.29 is 4.52 Å². The molecule has 4 heteroatoms. The van der Waals surface area contributed by atoms with E-state index >= 15 is 0 Å². The van der Waals surface area contributed by atoms with Crippen LogP contribution in [0.5, 0.6) is 0 Å². The average Bonchev–Trinajstić information content (AvgIpc) is 3.06. The number of hydrogen-bond donors (Lipinski definition) is 1. The summed E-state index contributed by atoms with van der Waals surface area (Å²) in [5, 5.41) is 7.77. The summed E-state index contributed by atoms with van der Waals surface area (Å²) in [6.07, 6.45) is 3.57. The second kappa shape index (κ2) is 6.97. The van der Waals surface area contributed by atoms with Crippen LogP contribution in [0.2, 0.25) is 0 Å². The van der Waals surface area contributed by atoms with Gasteiger partial charge in [-0.2, -0.15) is 0 Å². The SMILES string of the molecule is CC(C)(C)c1conc1CNC(c1ccccc1)c1ccccn1. The van der Waals surface area contributed by atoms with Crippen LogP contribution in [-0.2, 0) is 12.0 Å². The Morgan fingerprint density at radius 3 is 2.46 bits per heavy atom. The molecule has 0 radical (unpaired) electrons. The molecule has 1 unspecified atom stereocenters.